The molecule has 0 radical (unpaired) electrons. The molecule has 4 N–H and O–H groups in total. The second-order valence-corrected chi connectivity index (χ2v) is 4.95. The summed E-state index contributed by atoms with van der Waals surface area (Å²) in [5.41, 5.74) is 5.44. The third-order valence-corrected chi connectivity index (χ3v) is 2.90. The molecule has 0 atom stereocenters. The van der Waals surface area contributed by atoms with Crippen molar-refractivity contribution >= 4 is 15.8 Å². The lowest BCUT2D eigenvalue weighted by atomic mass is 10.4. The van der Waals surface area contributed by atoms with E-state index in [4.69, 9.17) is 15.6 Å². The van der Waals surface area contributed by atoms with Gasteiger partial charge in [0.25, 0.3) is 0 Å². The molecule has 6 nitrogen and oxygen atoms in total. The first-order chi connectivity index (χ1) is 6.97. The average molecular weight is 229 g/mol. The highest BCUT2D eigenvalue weighted by atomic mass is 32.2. The van der Waals surface area contributed by atoms with E-state index in [1.165, 1.54) is 6.07 Å². The van der Waals surface area contributed by atoms with Crippen molar-refractivity contribution in [1.82, 2.24) is 4.98 Å². The zero-order valence-corrected chi connectivity index (χ0v) is 8.70. The van der Waals surface area contributed by atoms with Gasteiger partial charge in [0, 0.05) is 6.07 Å². The van der Waals surface area contributed by atoms with E-state index in [0.29, 0.717) is 0 Å². The highest BCUT2D eigenvalue weighted by Gasteiger charge is 2.26. The largest absolute Gasteiger partial charge is 0.489 e. The van der Waals surface area contributed by atoms with Crippen LogP contribution in [0.5, 0.6) is 5.75 Å². The van der Waals surface area contributed by atoms with Crippen molar-refractivity contribution in [3.05, 3.63) is 12.3 Å². The minimum atomic E-state index is -3.81. The monoisotopic (exact) mass is 229 g/mol. The van der Waals surface area contributed by atoms with Crippen molar-refractivity contribution in [3.63, 3.8) is 0 Å². The number of aromatic nitrogens is 1. The Hall–Kier alpha value is -1.34. The van der Waals surface area contributed by atoms with E-state index < -0.39 is 10.0 Å². The van der Waals surface area contributed by atoms with Crippen molar-refractivity contribution in [2.24, 2.45) is 5.14 Å². The molecule has 82 valence electrons. The summed E-state index contributed by atoms with van der Waals surface area (Å²) < 4.78 is 27.8. The van der Waals surface area contributed by atoms with Gasteiger partial charge in [-0.05, 0) is 12.8 Å². The average Bonchev–Trinajstić information content (AvgIpc) is 2.85. The summed E-state index contributed by atoms with van der Waals surface area (Å²) in [6.45, 7) is 0. The number of ether oxygens (including phenoxy) is 1. The van der Waals surface area contributed by atoms with Gasteiger partial charge < -0.3 is 10.5 Å². The predicted molar refractivity (Wildman–Crippen MR) is 53.7 cm³/mol. The Morgan fingerprint density at radius 3 is 2.67 bits per heavy atom. The Labute approximate surface area is 87.3 Å². The molecule has 0 unspecified atom stereocenters. The van der Waals surface area contributed by atoms with Crippen LogP contribution in [0.3, 0.4) is 0 Å². The lowest BCUT2D eigenvalue weighted by Crippen LogP contribution is -2.15. The molecule has 0 aliphatic heterocycles. The van der Waals surface area contributed by atoms with Crippen molar-refractivity contribution in [2.75, 3.05) is 5.73 Å². The van der Waals surface area contributed by atoms with E-state index in [9.17, 15) is 8.42 Å². The fourth-order valence-electron chi connectivity index (χ4n) is 1.11. The lowest BCUT2D eigenvalue weighted by Gasteiger charge is -2.09. The molecular formula is C8H11N3O3S. The van der Waals surface area contributed by atoms with E-state index in [-0.39, 0.29) is 22.6 Å². The number of sulfonamides is 1. The molecule has 0 bridgehead atoms. The van der Waals surface area contributed by atoms with E-state index in [1.807, 2.05) is 0 Å². The smallest absolute Gasteiger partial charge is 0.243 e. The van der Waals surface area contributed by atoms with Gasteiger partial charge in [-0.25, -0.2) is 18.5 Å². The second kappa shape index (κ2) is 3.35. The number of primary sulfonamides is 1. The topological polar surface area (TPSA) is 108 Å². The summed E-state index contributed by atoms with van der Waals surface area (Å²) in [6, 6.07) is 1.37. The zero-order valence-electron chi connectivity index (χ0n) is 7.88. The first kappa shape index (κ1) is 10.2. The maximum absolute atomic E-state index is 11.2. The van der Waals surface area contributed by atoms with Gasteiger partial charge in [0.15, 0.2) is 0 Å². The third-order valence-electron chi connectivity index (χ3n) is 1.98. The number of rotatable bonds is 3. The van der Waals surface area contributed by atoms with Crippen LogP contribution in [0.2, 0.25) is 0 Å². The number of hydrogen-bond acceptors (Lipinski definition) is 5. The molecule has 15 heavy (non-hydrogen) atoms. The van der Waals surface area contributed by atoms with Crippen molar-refractivity contribution in [1.29, 1.82) is 0 Å². The minimum Gasteiger partial charge on any atom is -0.489 e. The maximum atomic E-state index is 11.2. The van der Waals surface area contributed by atoms with Crippen LogP contribution < -0.4 is 15.6 Å². The van der Waals surface area contributed by atoms with Crippen molar-refractivity contribution in [3.8, 4) is 5.75 Å². The van der Waals surface area contributed by atoms with Crippen LogP contribution in [-0.4, -0.2) is 19.5 Å². The zero-order chi connectivity index (χ0) is 11.1. The van der Waals surface area contributed by atoms with E-state index in [1.54, 1.807) is 0 Å². The van der Waals surface area contributed by atoms with Crippen LogP contribution in [0.1, 0.15) is 12.8 Å². The summed E-state index contributed by atoms with van der Waals surface area (Å²) in [6.07, 6.45) is 3.04. The van der Waals surface area contributed by atoms with Gasteiger partial charge in [0.2, 0.25) is 10.0 Å². The van der Waals surface area contributed by atoms with Gasteiger partial charge in [-0.15, -0.1) is 0 Å². The quantitative estimate of drug-likeness (QED) is 0.749. The van der Waals surface area contributed by atoms with Gasteiger partial charge in [-0.2, -0.15) is 0 Å². The molecule has 1 aliphatic carbocycles. The molecule has 0 spiro atoms. The van der Waals surface area contributed by atoms with Crippen LogP contribution in [0.4, 0.5) is 5.82 Å². The molecule has 1 aromatic rings. The molecule has 1 aromatic heterocycles. The van der Waals surface area contributed by atoms with Gasteiger partial charge in [0.05, 0.1) is 12.3 Å². The highest BCUT2D eigenvalue weighted by Crippen LogP contribution is 2.31. The summed E-state index contributed by atoms with van der Waals surface area (Å²) in [5.74, 6) is 0.394. The first-order valence-electron chi connectivity index (χ1n) is 4.42. The highest BCUT2D eigenvalue weighted by molar-refractivity contribution is 7.89. The number of anilines is 1. The molecule has 1 fully saturated rings. The second-order valence-electron chi connectivity index (χ2n) is 3.42. The molecule has 0 amide bonds. The van der Waals surface area contributed by atoms with Gasteiger partial charge in [-0.3, -0.25) is 0 Å². The lowest BCUT2D eigenvalue weighted by molar-refractivity contribution is 0.295. The SMILES string of the molecule is Nc1cc(OC2CC2)c(S(N)(=O)=O)cn1. The van der Waals surface area contributed by atoms with Crippen LogP contribution in [0.15, 0.2) is 17.2 Å². The Kier molecular flexibility index (Phi) is 2.28. The van der Waals surface area contributed by atoms with E-state index in [2.05, 4.69) is 4.98 Å². The molecule has 1 saturated carbocycles. The Balaban J connectivity index is 2.43. The first-order valence-corrected chi connectivity index (χ1v) is 5.96. The molecule has 1 aliphatic rings. The number of nitrogens with zero attached hydrogens (tertiary/aromatic N) is 1. The predicted octanol–water partition coefficient (Wildman–Crippen LogP) is -0.148. The number of pyridine rings is 1. The van der Waals surface area contributed by atoms with Crippen LogP contribution in [-0.2, 0) is 10.0 Å². The molecule has 7 heteroatoms. The van der Waals surface area contributed by atoms with Gasteiger partial charge in [0.1, 0.15) is 16.5 Å². The minimum absolute atomic E-state index is 0.0762. The van der Waals surface area contributed by atoms with Crippen LogP contribution in [0.25, 0.3) is 0 Å². The van der Waals surface area contributed by atoms with E-state index >= 15 is 0 Å². The molecule has 0 aromatic carbocycles. The fourth-order valence-corrected chi connectivity index (χ4v) is 1.70. The normalized spacial score (nSPS) is 16.3. The Morgan fingerprint density at radius 2 is 2.13 bits per heavy atom. The van der Waals surface area contributed by atoms with Crippen LogP contribution >= 0.6 is 0 Å². The summed E-state index contributed by atoms with van der Waals surface area (Å²) in [4.78, 5) is 3.55. The summed E-state index contributed by atoms with van der Waals surface area (Å²) >= 11 is 0. The van der Waals surface area contributed by atoms with Crippen LogP contribution in [0, 0.1) is 0 Å². The van der Waals surface area contributed by atoms with Gasteiger partial charge in [-0.1, -0.05) is 0 Å². The maximum Gasteiger partial charge on any atom is 0.243 e. The van der Waals surface area contributed by atoms with E-state index in [0.717, 1.165) is 19.0 Å². The number of nitrogens with two attached hydrogens (primary N) is 2. The van der Waals surface area contributed by atoms with Crippen molar-refractivity contribution in [2.45, 2.75) is 23.8 Å². The number of nitrogen functional groups attached to an aromatic ring is 1. The third kappa shape index (κ3) is 2.37. The number of hydrogen-bond donors (Lipinski definition) is 2. The summed E-state index contributed by atoms with van der Waals surface area (Å²) in [5, 5.41) is 5.02. The summed E-state index contributed by atoms with van der Waals surface area (Å²) in [7, 11) is -3.81. The van der Waals surface area contributed by atoms with Gasteiger partial charge >= 0.3 is 0 Å². The Bertz CT molecular complexity index is 482. The van der Waals surface area contributed by atoms with Crippen molar-refractivity contribution < 1.29 is 13.2 Å². The fraction of sp³-hybridized carbons (Fsp3) is 0.375. The Morgan fingerprint density at radius 1 is 1.47 bits per heavy atom. The standard InChI is InChI=1S/C8H11N3O3S/c9-8-3-6(14-5-1-2-5)7(4-11-8)15(10,12)13/h3-5H,1-2H2,(H2,9,11)(H2,10,12,13). The molecular weight excluding hydrogens is 218 g/mol. The molecule has 0 saturated heterocycles. The molecule has 1 heterocycles. The molecule has 2 rings (SSSR count).